The van der Waals surface area contributed by atoms with Gasteiger partial charge >= 0.3 is 0 Å². The van der Waals surface area contributed by atoms with E-state index in [-0.39, 0.29) is 24.3 Å². The number of benzene rings is 1. The van der Waals surface area contributed by atoms with E-state index in [1.165, 1.54) is 4.90 Å². The highest BCUT2D eigenvalue weighted by molar-refractivity contribution is 6.00. The quantitative estimate of drug-likeness (QED) is 0.631. The van der Waals surface area contributed by atoms with Crippen LogP contribution in [0, 0.1) is 11.8 Å². The molecule has 5 rings (SSSR count). The van der Waals surface area contributed by atoms with Crippen molar-refractivity contribution in [3.05, 3.63) is 60.2 Å². The van der Waals surface area contributed by atoms with Gasteiger partial charge in [-0.15, -0.1) is 0 Å². The van der Waals surface area contributed by atoms with Crippen LogP contribution < -0.4 is 0 Å². The SMILES string of the molecule is C[C@H](CO)N1C(=O)[C@@H]2[C@@H]3C(=O)N(Cc4ccccc4)CC=C[C@]3(C)O[C@@]23C=CCN(C(C)(C)C)C(=O)C13. The lowest BCUT2D eigenvalue weighted by Crippen LogP contribution is -2.60. The summed E-state index contributed by atoms with van der Waals surface area (Å²) < 4.78 is 6.81. The van der Waals surface area contributed by atoms with E-state index in [0.717, 1.165) is 5.56 Å². The number of likely N-dealkylation sites (tertiary alicyclic amines) is 1. The van der Waals surface area contributed by atoms with Crippen molar-refractivity contribution in [2.45, 2.75) is 70.0 Å². The van der Waals surface area contributed by atoms with Gasteiger partial charge in [-0.2, -0.15) is 0 Å². The molecule has 4 heterocycles. The van der Waals surface area contributed by atoms with E-state index in [4.69, 9.17) is 4.74 Å². The number of fused-ring (bicyclic) bond motifs is 2. The number of hydrogen-bond donors (Lipinski definition) is 1. The average Bonchev–Trinajstić information content (AvgIpc) is 3.12. The van der Waals surface area contributed by atoms with Gasteiger partial charge in [-0.25, -0.2) is 0 Å². The zero-order chi connectivity index (χ0) is 26.8. The highest BCUT2D eigenvalue weighted by Crippen LogP contribution is 2.58. The van der Waals surface area contributed by atoms with Crippen LogP contribution in [0.15, 0.2) is 54.6 Å². The summed E-state index contributed by atoms with van der Waals surface area (Å²) in [6.07, 6.45) is 7.55. The second-order valence-corrected chi connectivity index (χ2v) is 11.9. The molecule has 8 heteroatoms. The number of rotatable bonds is 4. The number of ether oxygens (including phenoxy) is 1. The van der Waals surface area contributed by atoms with E-state index < -0.39 is 40.7 Å². The van der Waals surface area contributed by atoms with Crippen molar-refractivity contribution in [3.8, 4) is 0 Å². The zero-order valence-corrected chi connectivity index (χ0v) is 22.3. The molecule has 4 aliphatic rings. The monoisotopic (exact) mass is 507 g/mol. The van der Waals surface area contributed by atoms with E-state index in [1.807, 2.05) is 82.3 Å². The lowest BCUT2D eigenvalue weighted by atomic mass is 9.74. The van der Waals surface area contributed by atoms with Crippen molar-refractivity contribution >= 4 is 17.7 Å². The third-order valence-corrected chi connectivity index (χ3v) is 8.34. The lowest BCUT2D eigenvalue weighted by molar-refractivity contribution is -0.157. The van der Waals surface area contributed by atoms with Crippen LogP contribution in [0.25, 0.3) is 0 Å². The third-order valence-electron chi connectivity index (χ3n) is 8.34. The Balaban J connectivity index is 1.62. The average molecular weight is 508 g/mol. The minimum atomic E-state index is -1.31. The van der Waals surface area contributed by atoms with Crippen LogP contribution in [-0.4, -0.2) is 86.0 Å². The van der Waals surface area contributed by atoms with Gasteiger partial charge in [0.2, 0.25) is 17.7 Å². The molecule has 8 nitrogen and oxygen atoms in total. The summed E-state index contributed by atoms with van der Waals surface area (Å²) in [6, 6.07) is 8.18. The molecular formula is C29H37N3O5. The molecule has 3 amide bonds. The molecule has 2 fully saturated rings. The molecule has 0 radical (unpaired) electrons. The molecule has 1 aromatic rings. The Morgan fingerprint density at radius 3 is 2.32 bits per heavy atom. The largest absolute Gasteiger partial charge is 0.394 e. The summed E-state index contributed by atoms with van der Waals surface area (Å²) in [6.45, 7) is 10.3. The van der Waals surface area contributed by atoms with E-state index in [0.29, 0.717) is 19.6 Å². The Bertz CT molecular complexity index is 1160. The van der Waals surface area contributed by atoms with Crippen LogP contribution in [0.4, 0.5) is 0 Å². The Morgan fingerprint density at radius 2 is 1.68 bits per heavy atom. The van der Waals surface area contributed by atoms with Crippen molar-refractivity contribution < 1.29 is 24.2 Å². The molecule has 0 aliphatic carbocycles. The van der Waals surface area contributed by atoms with Crippen LogP contribution in [0.3, 0.4) is 0 Å². The molecule has 37 heavy (non-hydrogen) atoms. The first-order chi connectivity index (χ1) is 17.4. The number of aliphatic hydroxyl groups is 1. The van der Waals surface area contributed by atoms with Gasteiger partial charge in [0, 0.05) is 25.2 Å². The minimum absolute atomic E-state index is 0.165. The number of hydrogen-bond acceptors (Lipinski definition) is 5. The van der Waals surface area contributed by atoms with Crippen LogP contribution in [-0.2, 0) is 25.7 Å². The van der Waals surface area contributed by atoms with Crippen LogP contribution in [0.1, 0.15) is 40.2 Å². The van der Waals surface area contributed by atoms with Gasteiger partial charge in [0.05, 0.1) is 30.1 Å². The summed E-state index contributed by atoms with van der Waals surface area (Å²) in [5.41, 5.74) is -1.86. The molecular weight excluding hydrogens is 470 g/mol. The molecule has 0 saturated carbocycles. The highest BCUT2D eigenvalue weighted by Gasteiger charge is 2.75. The van der Waals surface area contributed by atoms with Gasteiger partial charge < -0.3 is 24.5 Å². The number of carbonyl (C=O) groups excluding carboxylic acids is 3. The Morgan fingerprint density at radius 1 is 1.00 bits per heavy atom. The fourth-order valence-electron chi connectivity index (χ4n) is 6.62. The van der Waals surface area contributed by atoms with E-state index in [1.54, 1.807) is 16.7 Å². The first-order valence-corrected chi connectivity index (χ1v) is 13.1. The van der Waals surface area contributed by atoms with Gasteiger partial charge in [-0.05, 0) is 40.2 Å². The van der Waals surface area contributed by atoms with Crippen molar-refractivity contribution in [2.24, 2.45) is 11.8 Å². The first kappa shape index (κ1) is 25.7. The van der Waals surface area contributed by atoms with E-state index in [9.17, 15) is 19.5 Å². The van der Waals surface area contributed by atoms with Crippen molar-refractivity contribution in [3.63, 3.8) is 0 Å². The Hall–Kier alpha value is -2.97. The van der Waals surface area contributed by atoms with Crippen molar-refractivity contribution in [2.75, 3.05) is 19.7 Å². The number of amides is 3. The summed E-state index contributed by atoms with van der Waals surface area (Å²) in [4.78, 5) is 47.6. The predicted octanol–water partition coefficient (Wildman–Crippen LogP) is 2.13. The molecule has 198 valence electrons. The smallest absolute Gasteiger partial charge is 0.249 e. The standard InChI is InChI=1S/C29H37N3O5/c1-19(18-33)32-23-26(36)31(27(2,3)4)16-10-14-29(23)22(25(32)35)21-24(34)30(15-9-13-28(21,5)37-29)17-20-11-7-6-8-12-20/h6-14,19,21-23,33H,15-18H2,1-5H3/t19-,21-,22+,23?,28+,29+/m1/s1. The molecule has 2 saturated heterocycles. The molecule has 1 spiro atoms. The fourth-order valence-corrected chi connectivity index (χ4v) is 6.62. The minimum Gasteiger partial charge on any atom is -0.394 e. The Kier molecular flexibility index (Phi) is 6.11. The summed E-state index contributed by atoms with van der Waals surface area (Å²) >= 11 is 0. The summed E-state index contributed by atoms with van der Waals surface area (Å²) in [5.74, 6) is -2.41. The predicted molar refractivity (Wildman–Crippen MR) is 138 cm³/mol. The van der Waals surface area contributed by atoms with Crippen molar-refractivity contribution in [1.82, 2.24) is 14.7 Å². The van der Waals surface area contributed by atoms with Crippen LogP contribution >= 0.6 is 0 Å². The number of nitrogens with zero attached hydrogens (tertiary/aromatic N) is 3. The molecule has 1 N–H and O–H groups in total. The molecule has 0 aromatic heterocycles. The molecule has 4 aliphatic heterocycles. The second kappa shape index (κ2) is 8.81. The molecule has 0 bridgehead atoms. The lowest BCUT2D eigenvalue weighted by Gasteiger charge is -2.42. The molecule has 6 atom stereocenters. The normalized spacial score (nSPS) is 34.3. The summed E-state index contributed by atoms with van der Waals surface area (Å²) in [5, 5.41) is 10.1. The maximum atomic E-state index is 14.2. The highest BCUT2D eigenvalue weighted by atomic mass is 16.5. The van der Waals surface area contributed by atoms with Gasteiger partial charge in [-0.1, -0.05) is 54.6 Å². The second-order valence-electron chi connectivity index (χ2n) is 11.9. The summed E-state index contributed by atoms with van der Waals surface area (Å²) in [7, 11) is 0. The van der Waals surface area contributed by atoms with E-state index in [2.05, 4.69) is 0 Å². The van der Waals surface area contributed by atoms with Gasteiger partial charge in [-0.3, -0.25) is 14.4 Å². The van der Waals surface area contributed by atoms with Gasteiger partial charge in [0.25, 0.3) is 0 Å². The van der Waals surface area contributed by atoms with Crippen LogP contribution in [0.2, 0.25) is 0 Å². The number of aliphatic hydroxyl groups excluding tert-OH is 1. The van der Waals surface area contributed by atoms with Gasteiger partial charge in [0.1, 0.15) is 11.6 Å². The first-order valence-electron chi connectivity index (χ1n) is 13.1. The topological polar surface area (TPSA) is 90.4 Å². The number of carbonyl (C=O) groups is 3. The van der Waals surface area contributed by atoms with Gasteiger partial charge in [0.15, 0.2) is 0 Å². The molecule has 1 unspecified atom stereocenters. The van der Waals surface area contributed by atoms with Crippen molar-refractivity contribution in [1.29, 1.82) is 0 Å². The zero-order valence-electron chi connectivity index (χ0n) is 22.3. The third kappa shape index (κ3) is 3.84. The fraction of sp³-hybridized carbons (Fsp3) is 0.552. The maximum absolute atomic E-state index is 14.2. The van der Waals surface area contributed by atoms with Crippen LogP contribution in [0.5, 0.6) is 0 Å². The Labute approximate surface area is 218 Å². The molecule has 1 aromatic carbocycles. The maximum Gasteiger partial charge on any atom is 0.249 e. The van der Waals surface area contributed by atoms with E-state index >= 15 is 0 Å².